The molecular weight excluding hydrogens is 869 g/mol. The lowest BCUT2D eigenvalue weighted by Crippen LogP contribution is -2.23. The summed E-state index contributed by atoms with van der Waals surface area (Å²) in [4.78, 5) is 2.63. The van der Waals surface area contributed by atoms with E-state index >= 15 is 0 Å². The van der Waals surface area contributed by atoms with E-state index < -0.39 is 0 Å². The lowest BCUT2D eigenvalue weighted by molar-refractivity contribution is 0.566. The Balaban J connectivity index is 1.33. The normalized spacial score (nSPS) is 13.4. The number of aromatic nitrogens is 1. The van der Waals surface area contributed by atoms with Crippen LogP contribution in [0.15, 0.2) is 146 Å². The van der Waals surface area contributed by atoms with E-state index in [2.05, 4.69) is 280 Å². The Hall–Kier alpha value is -6.38. The summed E-state index contributed by atoms with van der Waals surface area (Å²) in [5, 5.41) is 10.2. The van der Waals surface area contributed by atoms with Gasteiger partial charge in [0, 0.05) is 32.9 Å². The Morgan fingerprint density at radius 2 is 0.722 bits per heavy atom. The first-order chi connectivity index (χ1) is 33.5. The first-order valence-corrected chi connectivity index (χ1v) is 26.5. The van der Waals surface area contributed by atoms with Crippen molar-refractivity contribution < 1.29 is 0 Å². The highest BCUT2D eigenvalue weighted by atomic mass is 15.1. The summed E-state index contributed by atoms with van der Waals surface area (Å²) in [6.07, 6.45) is 0. The third-order valence-electron chi connectivity index (χ3n) is 15.5. The molecule has 0 N–H and O–H groups in total. The summed E-state index contributed by atoms with van der Waals surface area (Å²) in [7, 11) is 0. The van der Waals surface area contributed by atoms with Gasteiger partial charge in [0.2, 0.25) is 0 Å². The highest BCUT2D eigenvalue weighted by Gasteiger charge is 2.33. The molecule has 0 bridgehead atoms. The molecule has 72 heavy (non-hydrogen) atoms. The minimum Gasteiger partial charge on any atom is -0.310 e. The molecule has 10 rings (SSSR count). The molecular formula is C70H78N2. The third-order valence-corrected chi connectivity index (χ3v) is 15.5. The highest BCUT2D eigenvalue weighted by molar-refractivity contribution is 6.27. The lowest BCUT2D eigenvalue weighted by atomic mass is 9.72. The quantitative estimate of drug-likeness (QED) is 0.156. The summed E-state index contributed by atoms with van der Waals surface area (Å²) in [5.74, 6) is 0. The maximum Gasteiger partial charge on any atom is 0.0541 e. The molecule has 1 aromatic heterocycles. The predicted molar refractivity (Wildman–Crippen MR) is 317 cm³/mol. The number of rotatable bonds is 5. The van der Waals surface area contributed by atoms with Gasteiger partial charge in [-0.15, -0.1) is 0 Å². The van der Waals surface area contributed by atoms with Crippen molar-refractivity contribution in [1.82, 2.24) is 4.57 Å². The Labute approximate surface area is 431 Å². The molecule has 0 aliphatic heterocycles. The van der Waals surface area contributed by atoms with E-state index in [-0.39, 0.29) is 32.5 Å². The zero-order valence-electron chi connectivity index (χ0n) is 46.8. The van der Waals surface area contributed by atoms with Gasteiger partial charge in [0.1, 0.15) is 0 Å². The van der Waals surface area contributed by atoms with Gasteiger partial charge in [-0.1, -0.05) is 222 Å². The summed E-state index contributed by atoms with van der Waals surface area (Å²) in [6, 6.07) is 56.7. The molecule has 0 saturated heterocycles. The first-order valence-electron chi connectivity index (χ1n) is 26.5. The molecule has 1 heterocycles. The summed E-state index contributed by atoms with van der Waals surface area (Å²) in [6.45, 7) is 42.7. The number of anilines is 3. The van der Waals surface area contributed by atoms with Crippen LogP contribution in [0, 0.1) is 0 Å². The van der Waals surface area contributed by atoms with Crippen molar-refractivity contribution in [3.63, 3.8) is 0 Å². The minimum absolute atomic E-state index is 0.0153. The van der Waals surface area contributed by atoms with E-state index in [1.165, 1.54) is 121 Å². The number of para-hydroxylation sites is 2. The maximum atomic E-state index is 2.63. The molecule has 0 saturated carbocycles. The summed E-state index contributed by atoms with van der Waals surface area (Å²) < 4.78 is 2.49. The Morgan fingerprint density at radius 3 is 1.18 bits per heavy atom. The number of nitrogens with zero attached hydrogens (tertiary/aromatic N) is 2. The van der Waals surface area contributed by atoms with Crippen molar-refractivity contribution in [2.24, 2.45) is 0 Å². The van der Waals surface area contributed by atoms with E-state index in [1.807, 2.05) is 0 Å². The fourth-order valence-electron chi connectivity index (χ4n) is 11.3. The van der Waals surface area contributed by atoms with Crippen molar-refractivity contribution in [2.75, 3.05) is 4.90 Å². The van der Waals surface area contributed by atoms with Gasteiger partial charge in [-0.05, 0) is 147 Å². The molecule has 2 nitrogen and oxygen atoms in total. The molecule has 0 aliphatic rings. The van der Waals surface area contributed by atoms with Gasteiger partial charge in [0.25, 0.3) is 0 Å². The van der Waals surface area contributed by atoms with E-state index in [0.717, 1.165) is 0 Å². The Morgan fingerprint density at radius 1 is 0.333 bits per heavy atom. The Kier molecular flexibility index (Phi) is 11.3. The van der Waals surface area contributed by atoms with Crippen LogP contribution in [-0.2, 0) is 32.5 Å². The molecule has 0 aliphatic carbocycles. The summed E-state index contributed by atoms with van der Waals surface area (Å²) in [5.41, 5.74) is 17.5. The standard InChI is InChI=1S/C70H78N2/c1-65(2,3)46-35-45(36-47(37-46)66(4,5)6)64-56(69(13,14)15)41-51(42-57(64)70(16,17)18)71(50-39-48(67(7,8)9)38-49(40-50)68(10,11)12)60-33-29-43-28-32-55-61(34-30-44-27-31-54(60)62(43)63(44)55)72-58-25-21-19-23-52(58)53-24-20-22-26-59(53)72/h19-42H,1-18H3. The molecule has 0 radical (unpaired) electrons. The first kappa shape index (κ1) is 49.2. The van der Waals surface area contributed by atoms with E-state index in [1.54, 1.807) is 0 Å². The third kappa shape index (κ3) is 8.47. The van der Waals surface area contributed by atoms with Crippen LogP contribution in [0.2, 0.25) is 0 Å². The van der Waals surface area contributed by atoms with Crippen LogP contribution in [0.5, 0.6) is 0 Å². The van der Waals surface area contributed by atoms with Gasteiger partial charge in [0.15, 0.2) is 0 Å². The van der Waals surface area contributed by atoms with Crippen molar-refractivity contribution in [3.05, 3.63) is 179 Å². The second kappa shape index (κ2) is 16.6. The highest BCUT2D eigenvalue weighted by Crippen LogP contribution is 2.51. The molecule has 0 spiro atoms. The van der Waals surface area contributed by atoms with Gasteiger partial charge >= 0.3 is 0 Å². The van der Waals surface area contributed by atoms with Crippen molar-refractivity contribution in [2.45, 2.75) is 157 Å². The molecule has 0 fully saturated rings. The fourth-order valence-corrected chi connectivity index (χ4v) is 11.3. The average Bonchev–Trinajstić information content (AvgIpc) is 3.63. The number of hydrogen-bond acceptors (Lipinski definition) is 1. The van der Waals surface area contributed by atoms with Gasteiger partial charge < -0.3 is 9.47 Å². The number of fused-ring (bicyclic) bond motifs is 3. The second-order valence-electron chi connectivity index (χ2n) is 27.3. The van der Waals surface area contributed by atoms with Crippen molar-refractivity contribution in [3.8, 4) is 16.8 Å². The second-order valence-corrected chi connectivity index (χ2v) is 27.3. The van der Waals surface area contributed by atoms with Gasteiger partial charge in [-0.2, -0.15) is 0 Å². The molecule has 0 atom stereocenters. The molecule has 9 aromatic carbocycles. The van der Waals surface area contributed by atoms with Gasteiger partial charge in [-0.25, -0.2) is 0 Å². The Bertz CT molecular complexity index is 3580. The molecule has 0 amide bonds. The summed E-state index contributed by atoms with van der Waals surface area (Å²) >= 11 is 0. The van der Waals surface area contributed by atoms with E-state index in [9.17, 15) is 0 Å². The number of benzene rings is 9. The van der Waals surface area contributed by atoms with Crippen molar-refractivity contribution in [1.29, 1.82) is 0 Å². The SMILES string of the molecule is CC(C)(C)c1cc(-c2c(C(C)(C)C)cc(N(c3cc(C(C)(C)C)cc(C(C)(C)C)c3)c3ccc4ccc5c(-n6c7ccccc7c7ccccc76)ccc6ccc3c4c65)cc2C(C)(C)C)cc(C(C)(C)C)c1. The van der Waals surface area contributed by atoms with Crippen LogP contribution in [-0.4, -0.2) is 4.57 Å². The van der Waals surface area contributed by atoms with Gasteiger partial charge in [0.05, 0.1) is 22.4 Å². The molecule has 0 unspecified atom stereocenters. The number of hydrogen-bond donors (Lipinski definition) is 0. The topological polar surface area (TPSA) is 8.17 Å². The van der Waals surface area contributed by atoms with Crippen LogP contribution < -0.4 is 4.90 Å². The largest absolute Gasteiger partial charge is 0.310 e. The van der Waals surface area contributed by atoms with Crippen LogP contribution in [0.4, 0.5) is 17.1 Å². The van der Waals surface area contributed by atoms with Crippen LogP contribution in [0.3, 0.4) is 0 Å². The molecule has 2 heteroatoms. The van der Waals surface area contributed by atoms with E-state index in [4.69, 9.17) is 0 Å². The van der Waals surface area contributed by atoms with Gasteiger partial charge in [-0.3, -0.25) is 0 Å². The average molecular weight is 947 g/mol. The lowest BCUT2D eigenvalue weighted by Gasteiger charge is -2.36. The molecule has 10 aromatic rings. The van der Waals surface area contributed by atoms with Crippen molar-refractivity contribution >= 4 is 71.2 Å². The molecule has 368 valence electrons. The maximum absolute atomic E-state index is 2.63. The smallest absolute Gasteiger partial charge is 0.0541 e. The van der Waals surface area contributed by atoms with E-state index in [0.29, 0.717) is 0 Å². The predicted octanol–water partition coefficient (Wildman–Crippen LogP) is 20.6. The zero-order chi connectivity index (χ0) is 51.8. The van der Waals surface area contributed by atoms with Crippen LogP contribution >= 0.6 is 0 Å². The minimum atomic E-state index is -0.188. The fraction of sp³-hybridized carbons (Fsp3) is 0.343. The van der Waals surface area contributed by atoms with Crippen LogP contribution in [0.25, 0.3) is 70.9 Å². The monoisotopic (exact) mass is 947 g/mol. The van der Waals surface area contributed by atoms with Crippen LogP contribution in [0.1, 0.15) is 158 Å². The zero-order valence-corrected chi connectivity index (χ0v) is 46.8.